The van der Waals surface area contributed by atoms with Gasteiger partial charge in [-0.15, -0.1) is 0 Å². The smallest absolute Gasteiger partial charge is 0.380 e. The van der Waals surface area contributed by atoms with Gasteiger partial charge in [0.05, 0.1) is 7.11 Å². The van der Waals surface area contributed by atoms with Gasteiger partial charge < -0.3 is 4.74 Å². The zero-order valence-corrected chi connectivity index (χ0v) is 6.96. The summed E-state index contributed by atoms with van der Waals surface area (Å²) in [6.07, 6.45) is 0. The summed E-state index contributed by atoms with van der Waals surface area (Å²) in [7, 11) is 0.736. The highest BCUT2D eigenvalue weighted by Gasteiger charge is 2.71. The van der Waals surface area contributed by atoms with Crippen LogP contribution in [0.2, 0.25) is 0 Å². The Morgan fingerprint density at radius 3 is 1.85 bits per heavy atom. The van der Waals surface area contributed by atoms with E-state index in [1.165, 1.54) is 0 Å². The lowest BCUT2D eigenvalue weighted by Gasteiger charge is -2.18. The molecule has 0 bridgehead atoms. The molecule has 0 saturated heterocycles. The molecule has 0 unspecified atom stereocenters. The summed E-state index contributed by atoms with van der Waals surface area (Å²) >= 11 is 4.94. The van der Waals surface area contributed by atoms with Gasteiger partial charge in [-0.1, -0.05) is 11.6 Å². The molecule has 0 heterocycles. The number of carbonyl (C=O) groups is 1. The fourth-order valence-electron chi connectivity index (χ4n) is 0.882. The Hall–Kier alpha value is -0.780. The van der Waals surface area contributed by atoms with Crippen LogP contribution in [0.15, 0.2) is 10.8 Å². The Balaban J connectivity index is 3.31. The van der Waals surface area contributed by atoms with E-state index in [2.05, 4.69) is 4.74 Å². The second-order valence-electron chi connectivity index (χ2n) is 2.33. The topological polar surface area (TPSA) is 26.3 Å². The Labute approximate surface area is 75.1 Å². The zero-order valence-electron chi connectivity index (χ0n) is 6.21. The summed E-state index contributed by atoms with van der Waals surface area (Å²) in [6.45, 7) is 0. The number of hydrogen-bond donors (Lipinski definition) is 0. The van der Waals surface area contributed by atoms with E-state index in [0.717, 1.165) is 7.11 Å². The van der Waals surface area contributed by atoms with Crippen molar-refractivity contribution in [3.63, 3.8) is 0 Å². The number of halogens is 5. The molecule has 1 aliphatic carbocycles. The molecule has 0 N–H and O–H groups in total. The van der Waals surface area contributed by atoms with Crippen LogP contribution in [0, 0.1) is 0 Å². The molecule has 0 amide bonds. The maximum Gasteiger partial charge on any atom is 0.380 e. The largest absolute Gasteiger partial charge is 0.493 e. The van der Waals surface area contributed by atoms with Crippen molar-refractivity contribution in [3.05, 3.63) is 10.8 Å². The van der Waals surface area contributed by atoms with Gasteiger partial charge in [0.2, 0.25) is 0 Å². The molecule has 1 rings (SSSR count). The van der Waals surface area contributed by atoms with E-state index in [1.54, 1.807) is 0 Å². The second kappa shape index (κ2) is 2.60. The monoisotopic (exact) mass is 218 g/mol. The summed E-state index contributed by atoms with van der Waals surface area (Å²) in [6, 6.07) is 0. The first kappa shape index (κ1) is 10.3. The van der Waals surface area contributed by atoms with Crippen LogP contribution < -0.4 is 0 Å². The van der Waals surface area contributed by atoms with Gasteiger partial charge in [-0.25, -0.2) is 0 Å². The molecule has 13 heavy (non-hydrogen) atoms. The van der Waals surface area contributed by atoms with Crippen molar-refractivity contribution in [2.75, 3.05) is 7.11 Å². The minimum absolute atomic E-state index is 0.736. The van der Waals surface area contributed by atoms with Crippen LogP contribution in [0.4, 0.5) is 17.6 Å². The van der Waals surface area contributed by atoms with Gasteiger partial charge in [-0.05, 0) is 0 Å². The van der Waals surface area contributed by atoms with Crippen molar-refractivity contribution in [2.24, 2.45) is 0 Å². The SMILES string of the molecule is COC1=C(Cl)C(=O)C(F)(F)C1(F)F. The first-order valence-corrected chi connectivity index (χ1v) is 3.39. The Bertz CT molecular complexity index is 297. The minimum atomic E-state index is -4.81. The molecule has 0 saturated carbocycles. The van der Waals surface area contributed by atoms with E-state index in [9.17, 15) is 22.4 Å². The molecule has 0 aliphatic heterocycles. The van der Waals surface area contributed by atoms with Crippen molar-refractivity contribution >= 4 is 17.4 Å². The highest BCUT2D eigenvalue weighted by molar-refractivity contribution is 6.45. The van der Waals surface area contributed by atoms with Crippen LogP contribution >= 0.6 is 11.6 Å². The van der Waals surface area contributed by atoms with Gasteiger partial charge in [0.15, 0.2) is 5.76 Å². The molecule has 7 heteroatoms. The van der Waals surface area contributed by atoms with E-state index in [-0.39, 0.29) is 0 Å². The molecule has 0 radical (unpaired) electrons. The summed E-state index contributed by atoms with van der Waals surface area (Å²) in [5.41, 5.74) is 0. The number of allylic oxidation sites excluding steroid dienone is 2. The number of alkyl halides is 4. The van der Waals surface area contributed by atoms with Crippen molar-refractivity contribution in [1.29, 1.82) is 0 Å². The Morgan fingerprint density at radius 2 is 1.69 bits per heavy atom. The van der Waals surface area contributed by atoms with Crippen LogP contribution in [0.1, 0.15) is 0 Å². The van der Waals surface area contributed by atoms with E-state index < -0.39 is 28.4 Å². The fraction of sp³-hybridized carbons (Fsp3) is 0.500. The number of carbonyl (C=O) groups excluding carboxylic acids is 1. The van der Waals surface area contributed by atoms with Crippen LogP contribution in [0.5, 0.6) is 0 Å². The van der Waals surface area contributed by atoms with E-state index >= 15 is 0 Å². The van der Waals surface area contributed by atoms with E-state index in [1.807, 2.05) is 0 Å². The van der Waals surface area contributed by atoms with Crippen molar-refractivity contribution in [1.82, 2.24) is 0 Å². The maximum absolute atomic E-state index is 12.6. The molecule has 0 spiro atoms. The van der Waals surface area contributed by atoms with Gasteiger partial charge >= 0.3 is 11.8 Å². The van der Waals surface area contributed by atoms with Crippen LogP contribution in [0.3, 0.4) is 0 Å². The predicted octanol–water partition coefficient (Wildman–Crippen LogP) is 1.94. The third kappa shape index (κ3) is 1.04. The number of hydrogen-bond acceptors (Lipinski definition) is 2. The zero-order chi connectivity index (χ0) is 10.4. The lowest BCUT2D eigenvalue weighted by atomic mass is 10.2. The molecule has 0 fully saturated rings. The normalized spacial score (nSPS) is 25.2. The van der Waals surface area contributed by atoms with E-state index in [4.69, 9.17) is 11.6 Å². The van der Waals surface area contributed by atoms with Gasteiger partial charge in [0.1, 0.15) is 5.03 Å². The molecule has 0 aromatic heterocycles. The van der Waals surface area contributed by atoms with Crippen LogP contribution in [-0.2, 0) is 9.53 Å². The van der Waals surface area contributed by atoms with Crippen molar-refractivity contribution in [2.45, 2.75) is 11.8 Å². The number of ether oxygens (including phenoxy) is 1. The van der Waals surface area contributed by atoms with Crippen LogP contribution in [-0.4, -0.2) is 24.7 Å². The first-order chi connectivity index (χ1) is 5.76. The quantitative estimate of drug-likeness (QED) is 0.629. The predicted molar refractivity (Wildman–Crippen MR) is 34.8 cm³/mol. The summed E-state index contributed by atoms with van der Waals surface area (Å²) in [5.74, 6) is -13.1. The average Bonchev–Trinajstić information content (AvgIpc) is 2.12. The number of Topliss-reactive ketones (excluding diaryl/α,β-unsaturated/α-hetero) is 1. The molecule has 2 nitrogen and oxygen atoms in total. The molecule has 0 atom stereocenters. The number of methoxy groups -OCH3 is 1. The van der Waals surface area contributed by atoms with Gasteiger partial charge in [-0.3, -0.25) is 4.79 Å². The lowest BCUT2D eigenvalue weighted by Crippen LogP contribution is -2.42. The molecule has 74 valence electrons. The second-order valence-corrected chi connectivity index (χ2v) is 2.70. The van der Waals surface area contributed by atoms with Gasteiger partial charge in [-0.2, -0.15) is 17.6 Å². The standard InChI is InChI=1S/C6H3ClF4O2/c1-13-4-2(7)3(12)5(8,9)6(4,10)11/h1H3. The fourth-order valence-corrected chi connectivity index (χ4v) is 1.20. The third-order valence-corrected chi connectivity index (χ3v) is 1.91. The molecular weight excluding hydrogens is 216 g/mol. The summed E-state index contributed by atoms with van der Waals surface area (Å²) in [5, 5.41) is -1.25. The average molecular weight is 219 g/mol. The van der Waals surface area contributed by atoms with Crippen molar-refractivity contribution in [3.8, 4) is 0 Å². The van der Waals surface area contributed by atoms with Crippen molar-refractivity contribution < 1.29 is 27.1 Å². The highest BCUT2D eigenvalue weighted by Crippen LogP contribution is 2.49. The summed E-state index contributed by atoms with van der Waals surface area (Å²) < 4.78 is 54.2. The maximum atomic E-state index is 12.6. The Morgan fingerprint density at radius 1 is 1.23 bits per heavy atom. The number of ketones is 1. The van der Waals surface area contributed by atoms with Gasteiger partial charge in [0.25, 0.3) is 5.78 Å². The lowest BCUT2D eigenvalue weighted by molar-refractivity contribution is -0.191. The molecular formula is C6H3ClF4O2. The summed E-state index contributed by atoms with van der Waals surface area (Å²) in [4.78, 5) is 10.5. The Kier molecular flexibility index (Phi) is 2.06. The first-order valence-electron chi connectivity index (χ1n) is 3.01. The highest BCUT2D eigenvalue weighted by atomic mass is 35.5. The van der Waals surface area contributed by atoms with Gasteiger partial charge in [0, 0.05) is 0 Å². The van der Waals surface area contributed by atoms with E-state index in [0.29, 0.717) is 0 Å². The molecule has 0 aromatic carbocycles. The third-order valence-electron chi connectivity index (χ3n) is 1.57. The van der Waals surface area contributed by atoms with Crippen LogP contribution in [0.25, 0.3) is 0 Å². The number of rotatable bonds is 1. The molecule has 1 aliphatic rings. The molecule has 0 aromatic rings. The minimum Gasteiger partial charge on any atom is -0.493 e.